The first-order chi connectivity index (χ1) is 11.1. The highest BCUT2D eigenvalue weighted by atomic mass is 32.2. The zero-order chi connectivity index (χ0) is 18.0. The zero-order valence-corrected chi connectivity index (χ0v) is 15.6. The smallest absolute Gasteiger partial charge is 0.315 e. The minimum absolute atomic E-state index is 0.184. The van der Waals surface area contributed by atoms with E-state index < -0.39 is 10.0 Å². The second kappa shape index (κ2) is 7.01. The molecule has 2 N–H and O–H groups in total. The summed E-state index contributed by atoms with van der Waals surface area (Å²) in [6.07, 6.45) is 3.22. The maximum Gasteiger partial charge on any atom is 0.315 e. The van der Waals surface area contributed by atoms with E-state index in [1.165, 1.54) is 10.6 Å². The Kier molecular flexibility index (Phi) is 5.42. The molecule has 0 atom stereocenters. The Balaban J connectivity index is 2.13. The van der Waals surface area contributed by atoms with Gasteiger partial charge in [-0.1, -0.05) is 39.0 Å². The molecule has 1 saturated carbocycles. The number of anilines is 1. The first-order valence-corrected chi connectivity index (χ1v) is 10.1. The molecule has 7 heteroatoms. The third-order valence-electron chi connectivity index (χ3n) is 3.89. The number of para-hydroxylation sites is 1. The molecule has 1 aromatic rings. The Morgan fingerprint density at radius 2 is 1.88 bits per heavy atom. The lowest BCUT2D eigenvalue weighted by atomic mass is 9.86. The van der Waals surface area contributed by atoms with Crippen molar-refractivity contribution in [3.8, 4) is 0 Å². The van der Waals surface area contributed by atoms with Gasteiger partial charge in [-0.05, 0) is 29.9 Å². The van der Waals surface area contributed by atoms with Gasteiger partial charge in [0.15, 0.2) is 0 Å². The van der Waals surface area contributed by atoms with Crippen molar-refractivity contribution in [3.05, 3.63) is 29.8 Å². The number of nitrogens with zero attached hydrogens (tertiary/aromatic N) is 1. The number of hydrogen-bond acceptors (Lipinski definition) is 3. The molecule has 1 aromatic carbocycles. The lowest BCUT2D eigenvalue weighted by Gasteiger charge is -2.30. The molecule has 0 heterocycles. The molecule has 1 aliphatic rings. The fourth-order valence-corrected chi connectivity index (χ4v) is 3.46. The summed E-state index contributed by atoms with van der Waals surface area (Å²) < 4.78 is 25.9. The number of amides is 2. The molecule has 0 saturated heterocycles. The summed E-state index contributed by atoms with van der Waals surface area (Å²) in [6.45, 7) is 6.60. The zero-order valence-electron chi connectivity index (χ0n) is 14.8. The fraction of sp³-hybridized carbons (Fsp3) is 0.588. The van der Waals surface area contributed by atoms with Gasteiger partial charge in [0.25, 0.3) is 0 Å². The molecule has 0 spiro atoms. The van der Waals surface area contributed by atoms with E-state index in [1.807, 2.05) is 45.0 Å². The van der Waals surface area contributed by atoms with Crippen molar-refractivity contribution in [2.75, 3.05) is 23.7 Å². The Hall–Kier alpha value is -1.76. The maximum atomic E-state index is 12.3. The number of rotatable bonds is 6. The van der Waals surface area contributed by atoms with Gasteiger partial charge < -0.3 is 10.6 Å². The molecule has 1 aliphatic carbocycles. The van der Waals surface area contributed by atoms with Crippen molar-refractivity contribution in [3.63, 3.8) is 0 Å². The van der Waals surface area contributed by atoms with Crippen LogP contribution >= 0.6 is 0 Å². The van der Waals surface area contributed by atoms with Crippen molar-refractivity contribution in [1.82, 2.24) is 10.6 Å². The summed E-state index contributed by atoms with van der Waals surface area (Å²) >= 11 is 0. The van der Waals surface area contributed by atoms with Crippen LogP contribution in [0.5, 0.6) is 0 Å². The average molecular weight is 353 g/mol. The highest BCUT2D eigenvalue weighted by Gasteiger charge is 2.26. The van der Waals surface area contributed by atoms with Gasteiger partial charge in [-0.2, -0.15) is 0 Å². The van der Waals surface area contributed by atoms with Crippen LogP contribution in [0.1, 0.15) is 39.2 Å². The van der Waals surface area contributed by atoms with E-state index in [9.17, 15) is 13.2 Å². The second-order valence-electron chi connectivity index (χ2n) is 7.28. The van der Waals surface area contributed by atoms with Crippen LogP contribution in [0.3, 0.4) is 0 Å². The molecule has 0 aliphatic heterocycles. The monoisotopic (exact) mass is 353 g/mol. The summed E-state index contributed by atoms with van der Waals surface area (Å²) in [5.74, 6) is 0. The molecule has 6 nitrogen and oxygen atoms in total. The summed E-state index contributed by atoms with van der Waals surface area (Å²) in [5, 5.41) is 5.55. The highest BCUT2D eigenvalue weighted by molar-refractivity contribution is 7.92. The molecule has 24 heavy (non-hydrogen) atoms. The van der Waals surface area contributed by atoms with E-state index in [2.05, 4.69) is 10.6 Å². The van der Waals surface area contributed by atoms with Gasteiger partial charge in [0.2, 0.25) is 10.0 Å². The van der Waals surface area contributed by atoms with Crippen LogP contribution in [-0.4, -0.2) is 39.8 Å². The van der Waals surface area contributed by atoms with E-state index in [4.69, 9.17) is 0 Å². The summed E-state index contributed by atoms with van der Waals surface area (Å²) in [6, 6.07) is 7.53. The van der Waals surface area contributed by atoms with Crippen molar-refractivity contribution >= 4 is 21.7 Å². The number of urea groups is 1. The Bertz CT molecular complexity index is 691. The first-order valence-electron chi connectivity index (χ1n) is 8.20. The molecule has 0 unspecified atom stereocenters. The van der Waals surface area contributed by atoms with Gasteiger partial charge in [0.05, 0.1) is 18.5 Å². The molecule has 0 aromatic heterocycles. The third-order valence-corrected chi connectivity index (χ3v) is 5.07. The Morgan fingerprint density at radius 1 is 1.25 bits per heavy atom. The van der Waals surface area contributed by atoms with Gasteiger partial charge >= 0.3 is 6.03 Å². The van der Waals surface area contributed by atoms with Crippen molar-refractivity contribution < 1.29 is 13.2 Å². The standard InChI is InChI=1S/C17H27N3O3S/c1-17(2,3)14-7-5-6-8-15(14)20(24(4,22)23)12-11-18-16(21)19-13-9-10-13/h5-8,13H,9-12H2,1-4H3,(H2,18,19,21). The molecule has 0 bridgehead atoms. The van der Waals surface area contributed by atoms with Crippen LogP contribution in [-0.2, 0) is 15.4 Å². The predicted molar refractivity (Wildman–Crippen MR) is 96.9 cm³/mol. The lowest BCUT2D eigenvalue weighted by Crippen LogP contribution is -2.43. The Morgan fingerprint density at radius 3 is 2.42 bits per heavy atom. The number of benzene rings is 1. The van der Waals surface area contributed by atoms with Crippen molar-refractivity contribution in [1.29, 1.82) is 0 Å². The van der Waals surface area contributed by atoms with Crippen LogP contribution in [0.4, 0.5) is 10.5 Å². The van der Waals surface area contributed by atoms with Crippen LogP contribution in [0.15, 0.2) is 24.3 Å². The molecule has 0 radical (unpaired) electrons. The lowest BCUT2D eigenvalue weighted by molar-refractivity contribution is 0.241. The van der Waals surface area contributed by atoms with Crippen LogP contribution < -0.4 is 14.9 Å². The van der Waals surface area contributed by atoms with E-state index >= 15 is 0 Å². The number of hydrogen-bond donors (Lipinski definition) is 2. The van der Waals surface area contributed by atoms with Crippen molar-refractivity contribution in [2.45, 2.75) is 45.1 Å². The molecular weight excluding hydrogens is 326 g/mol. The maximum absolute atomic E-state index is 12.3. The SMILES string of the molecule is CC(C)(C)c1ccccc1N(CCNC(=O)NC1CC1)S(C)(=O)=O. The topological polar surface area (TPSA) is 78.5 Å². The van der Waals surface area contributed by atoms with Crippen LogP contribution in [0.2, 0.25) is 0 Å². The highest BCUT2D eigenvalue weighted by Crippen LogP contribution is 2.32. The number of nitrogens with one attached hydrogen (secondary N) is 2. The van der Waals surface area contributed by atoms with E-state index in [0.717, 1.165) is 18.4 Å². The van der Waals surface area contributed by atoms with Gasteiger partial charge in [0.1, 0.15) is 0 Å². The van der Waals surface area contributed by atoms with Crippen LogP contribution in [0.25, 0.3) is 0 Å². The van der Waals surface area contributed by atoms with E-state index in [1.54, 1.807) is 0 Å². The molecular formula is C17H27N3O3S. The molecule has 134 valence electrons. The first kappa shape index (κ1) is 18.6. The third kappa shape index (κ3) is 5.12. The largest absolute Gasteiger partial charge is 0.336 e. The number of carbonyl (C=O) groups is 1. The van der Waals surface area contributed by atoms with Gasteiger partial charge in [-0.3, -0.25) is 4.31 Å². The van der Waals surface area contributed by atoms with Gasteiger partial charge in [-0.25, -0.2) is 13.2 Å². The van der Waals surface area contributed by atoms with Crippen molar-refractivity contribution in [2.24, 2.45) is 0 Å². The normalized spacial score (nSPS) is 15.0. The Labute approximate surface area is 144 Å². The van der Waals surface area contributed by atoms with Crippen LogP contribution in [0, 0.1) is 0 Å². The summed E-state index contributed by atoms with van der Waals surface area (Å²) in [5.41, 5.74) is 1.44. The number of sulfonamides is 1. The molecule has 2 amide bonds. The quantitative estimate of drug-likeness (QED) is 0.823. The van der Waals surface area contributed by atoms with Gasteiger partial charge in [-0.15, -0.1) is 0 Å². The fourth-order valence-electron chi connectivity index (χ4n) is 2.53. The average Bonchev–Trinajstić information content (AvgIpc) is 3.25. The predicted octanol–water partition coefficient (Wildman–Crippen LogP) is 2.21. The number of carbonyl (C=O) groups excluding carboxylic acids is 1. The van der Waals surface area contributed by atoms with E-state index in [-0.39, 0.29) is 30.6 Å². The summed E-state index contributed by atoms with van der Waals surface area (Å²) in [4.78, 5) is 11.7. The minimum Gasteiger partial charge on any atom is -0.336 e. The minimum atomic E-state index is -3.45. The molecule has 2 rings (SSSR count). The second-order valence-corrected chi connectivity index (χ2v) is 9.18. The van der Waals surface area contributed by atoms with Gasteiger partial charge in [0, 0.05) is 12.6 Å². The molecule has 1 fully saturated rings. The summed E-state index contributed by atoms with van der Waals surface area (Å²) in [7, 11) is -3.45. The van der Waals surface area contributed by atoms with E-state index in [0.29, 0.717) is 5.69 Å².